The summed E-state index contributed by atoms with van der Waals surface area (Å²) in [4.78, 5) is 28.6. The van der Waals surface area contributed by atoms with E-state index in [-0.39, 0.29) is 23.8 Å². The van der Waals surface area contributed by atoms with E-state index in [9.17, 15) is 9.59 Å². The smallest absolute Gasteiger partial charge is 0.289 e. The molecule has 2 fully saturated rings. The molecule has 27 heavy (non-hydrogen) atoms. The van der Waals surface area contributed by atoms with Gasteiger partial charge in [-0.15, -0.1) is 11.3 Å². The minimum absolute atomic E-state index is 0.0808. The van der Waals surface area contributed by atoms with Crippen molar-refractivity contribution in [2.75, 3.05) is 13.1 Å². The van der Waals surface area contributed by atoms with Crippen molar-refractivity contribution in [2.45, 2.75) is 44.6 Å². The average molecular weight is 387 g/mol. The van der Waals surface area contributed by atoms with E-state index in [2.05, 4.69) is 22.8 Å². The largest absolute Gasteiger partial charge is 0.459 e. The van der Waals surface area contributed by atoms with Gasteiger partial charge in [0, 0.05) is 18.0 Å². The lowest BCUT2D eigenvalue weighted by Gasteiger charge is -2.33. The summed E-state index contributed by atoms with van der Waals surface area (Å²) in [5.41, 5.74) is 0. The first kappa shape index (κ1) is 18.3. The highest BCUT2D eigenvalue weighted by Crippen LogP contribution is 2.37. The second-order valence-corrected chi connectivity index (χ2v) is 8.59. The number of furan rings is 1. The zero-order valence-electron chi connectivity index (χ0n) is 15.4. The van der Waals surface area contributed by atoms with Crippen LogP contribution in [-0.4, -0.2) is 29.8 Å². The average Bonchev–Trinajstić information content (AvgIpc) is 3.48. The fraction of sp³-hybridized carbons (Fsp3) is 0.524. The maximum atomic E-state index is 13.0. The Labute approximate surface area is 163 Å². The van der Waals surface area contributed by atoms with Gasteiger partial charge >= 0.3 is 0 Å². The second kappa shape index (κ2) is 8.30. The molecular weight excluding hydrogens is 360 g/mol. The number of nitrogens with one attached hydrogen (secondary N) is 1. The highest BCUT2D eigenvalue weighted by molar-refractivity contribution is 7.10. The Morgan fingerprint density at radius 1 is 1.15 bits per heavy atom. The van der Waals surface area contributed by atoms with Gasteiger partial charge in [-0.2, -0.15) is 0 Å². The summed E-state index contributed by atoms with van der Waals surface area (Å²) < 4.78 is 5.23. The highest BCUT2D eigenvalue weighted by atomic mass is 32.1. The molecule has 144 valence electrons. The van der Waals surface area contributed by atoms with E-state index < -0.39 is 0 Å². The van der Waals surface area contributed by atoms with Crippen LogP contribution in [0.25, 0.3) is 0 Å². The molecule has 0 bridgehead atoms. The van der Waals surface area contributed by atoms with E-state index in [0.29, 0.717) is 24.8 Å². The van der Waals surface area contributed by atoms with Crippen LogP contribution < -0.4 is 5.32 Å². The predicted octanol–water partition coefficient (Wildman–Crippen LogP) is 4.24. The van der Waals surface area contributed by atoms with Gasteiger partial charge in [0.05, 0.1) is 18.2 Å². The molecule has 6 heteroatoms. The zero-order valence-corrected chi connectivity index (χ0v) is 16.2. The first-order valence-corrected chi connectivity index (χ1v) is 10.8. The standard InChI is InChI=1S/C21H26N2O3S/c24-20(22-19(15-6-1-2-7-15)18-10-5-13-27-18)16-8-3-11-23(14-16)21(25)17-9-4-12-26-17/h4-5,9-10,12-13,15-16,19H,1-3,6-8,11,14H2,(H,22,24)/t16-,19-/m0/s1. The van der Waals surface area contributed by atoms with E-state index in [0.717, 1.165) is 12.8 Å². The van der Waals surface area contributed by atoms with Crippen molar-refractivity contribution in [1.29, 1.82) is 0 Å². The van der Waals surface area contributed by atoms with Crippen LogP contribution in [0, 0.1) is 11.8 Å². The summed E-state index contributed by atoms with van der Waals surface area (Å²) in [6.07, 6.45) is 8.03. The molecule has 2 aromatic rings. The molecule has 2 amide bonds. The topological polar surface area (TPSA) is 62.6 Å². The SMILES string of the molecule is O=C(N[C@H](c1cccs1)C1CCCC1)[C@H]1CCCN(C(=O)c2ccco2)C1. The third kappa shape index (κ3) is 4.10. The Balaban J connectivity index is 1.42. The van der Waals surface area contributed by atoms with Gasteiger partial charge in [-0.25, -0.2) is 0 Å². The number of hydrogen-bond acceptors (Lipinski definition) is 4. The molecule has 1 saturated carbocycles. The highest BCUT2D eigenvalue weighted by Gasteiger charge is 2.33. The van der Waals surface area contributed by atoms with Gasteiger partial charge in [0.15, 0.2) is 5.76 Å². The number of amides is 2. The number of nitrogens with zero attached hydrogens (tertiary/aromatic N) is 1. The second-order valence-electron chi connectivity index (χ2n) is 7.61. The molecule has 2 atom stereocenters. The Bertz CT molecular complexity index is 751. The van der Waals surface area contributed by atoms with Gasteiger partial charge in [0.1, 0.15) is 0 Å². The van der Waals surface area contributed by atoms with Gasteiger partial charge in [-0.05, 0) is 55.2 Å². The number of likely N-dealkylation sites (tertiary alicyclic amines) is 1. The summed E-state index contributed by atoms with van der Waals surface area (Å²) in [5, 5.41) is 5.41. The maximum Gasteiger partial charge on any atom is 0.289 e. The van der Waals surface area contributed by atoms with Gasteiger partial charge in [0.25, 0.3) is 5.91 Å². The van der Waals surface area contributed by atoms with Crippen LogP contribution in [0.2, 0.25) is 0 Å². The zero-order chi connectivity index (χ0) is 18.6. The molecule has 0 aromatic carbocycles. The van der Waals surface area contributed by atoms with Gasteiger partial charge < -0.3 is 14.6 Å². The van der Waals surface area contributed by atoms with Crippen molar-refractivity contribution in [3.05, 3.63) is 46.5 Å². The van der Waals surface area contributed by atoms with Crippen LogP contribution in [0.1, 0.15) is 60.0 Å². The summed E-state index contributed by atoms with van der Waals surface area (Å²) in [6.45, 7) is 1.15. The summed E-state index contributed by atoms with van der Waals surface area (Å²) in [6, 6.07) is 7.68. The minimum atomic E-state index is -0.151. The van der Waals surface area contributed by atoms with Crippen molar-refractivity contribution in [3.8, 4) is 0 Å². The van der Waals surface area contributed by atoms with E-state index in [1.54, 1.807) is 28.4 Å². The lowest BCUT2D eigenvalue weighted by atomic mass is 9.93. The summed E-state index contributed by atoms with van der Waals surface area (Å²) in [5.74, 6) is 0.678. The molecule has 3 heterocycles. The van der Waals surface area contributed by atoms with Gasteiger partial charge in [-0.1, -0.05) is 18.9 Å². The first-order valence-electron chi connectivity index (χ1n) is 9.89. The fourth-order valence-corrected chi connectivity index (χ4v) is 5.25. The normalized spacial score (nSPS) is 21.9. The lowest BCUT2D eigenvalue weighted by molar-refractivity contribution is -0.127. The Kier molecular flexibility index (Phi) is 5.62. The molecule has 0 unspecified atom stereocenters. The quantitative estimate of drug-likeness (QED) is 0.836. The predicted molar refractivity (Wildman–Crippen MR) is 104 cm³/mol. The number of carbonyl (C=O) groups excluding carboxylic acids is 2. The monoisotopic (exact) mass is 386 g/mol. The van der Waals surface area contributed by atoms with E-state index in [1.807, 2.05) is 0 Å². The Morgan fingerprint density at radius 3 is 2.70 bits per heavy atom. The molecule has 1 aliphatic heterocycles. The third-order valence-corrected chi connectivity index (χ3v) is 6.79. The number of hydrogen-bond donors (Lipinski definition) is 1. The number of thiophene rings is 1. The van der Waals surface area contributed by atoms with E-state index >= 15 is 0 Å². The van der Waals surface area contributed by atoms with E-state index in [4.69, 9.17) is 4.42 Å². The number of piperidine rings is 1. The number of rotatable bonds is 5. The molecule has 1 N–H and O–H groups in total. The van der Waals surface area contributed by atoms with Crippen LogP contribution >= 0.6 is 11.3 Å². The molecule has 1 aliphatic carbocycles. The molecule has 2 aliphatic rings. The van der Waals surface area contributed by atoms with Gasteiger partial charge in [-0.3, -0.25) is 9.59 Å². The molecule has 0 spiro atoms. The van der Waals surface area contributed by atoms with Crippen LogP contribution in [0.5, 0.6) is 0 Å². The van der Waals surface area contributed by atoms with Crippen LogP contribution in [0.15, 0.2) is 40.3 Å². The minimum Gasteiger partial charge on any atom is -0.459 e. The Hall–Kier alpha value is -2.08. The number of carbonyl (C=O) groups is 2. The van der Waals surface area contributed by atoms with Crippen molar-refractivity contribution in [2.24, 2.45) is 11.8 Å². The summed E-state index contributed by atoms with van der Waals surface area (Å²) >= 11 is 1.72. The van der Waals surface area contributed by atoms with Crippen molar-refractivity contribution < 1.29 is 14.0 Å². The van der Waals surface area contributed by atoms with Crippen molar-refractivity contribution in [1.82, 2.24) is 10.2 Å². The van der Waals surface area contributed by atoms with Crippen molar-refractivity contribution in [3.63, 3.8) is 0 Å². The molecular formula is C21H26N2O3S. The molecule has 5 nitrogen and oxygen atoms in total. The van der Waals surface area contributed by atoms with E-state index in [1.165, 1.54) is 36.8 Å². The van der Waals surface area contributed by atoms with Gasteiger partial charge in [0.2, 0.25) is 5.91 Å². The Morgan fingerprint density at radius 2 is 2.00 bits per heavy atom. The molecule has 2 aromatic heterocycles. The van der Waals surface area contributed by atoms with Crippen LogP contribution in [-0.2, 0) is 4.79 Å². The third-order valence-electron chi connectivity index (χ3n) is 5.83. The molecule has 1 saturated heterocycles. The lowest BCUT2D eigenvalue weighted by Crippen LogP contribution is -2.46. The summed E-state index contributed by atoms with van der Waals surface area (Å²) in [7, 11) is 0. The van der Waals surface area contributed by atoms with Crippen molar-refractivity contribution >= 4 is 23.2 Å². The fourth-order valence-electron chi connectivity index (χ4n) is 4.38. The first-order chi connectivity index (χ1) is 13.2. The van der Waals surface area contributed by atoms with Crippen LogP contribution in [0.3, 0.4) is 0 Å². The van der Waals surface area contributed by atoms with Crippen LogP contribution in [0.4, 0.5) is 0 Å². The maximum absolute atomic E-state index is 13.0. The molecule has 4 rings (SSSR count). The molecule has 0 radical (unpaired) electrons.